The monoisotopic (exact) mass is 329 g/mol. The van der Waals surface area contributed by atoms with Crippen molar-refractivity contribution in [1.29, 1.82) is 0 Å². The van der Waals surface area contributed by atoms with Crippen LogP contribution in [0.25, 0.3) is 26.3 Å². The van der Waals surface area contributed by atoms with Crippen LogP contribution in [0, 0.1) is 13.8 Å². The second-order valence-electron chi connectivity index (χ2n) is 5.30. The summed E-state index contributed by atoms with van der Waals surface area (Å²) in [6.07, 6.45) is 0. The molecule has 110 valence electrons. The predicted molar refractivity (Wildman–Crippen MR) is 91.1 cm³/mol. The Balaban J connectivity index is 2.01. The molecule has 4 aromatic rings. The lowest BCUT2D eigenvalue weighted by atomic mass is 10.1. The summed E-state index contributed by atoms with van der Waals surface area (Å²) < 4.78 is 2.64. The highest BCUT2D eigenvalue weighted by atomic mass is 35.5. The summed E-state index contributed by atoms with van der Waals surface area (Å²) >= 11 is 7.77. The van der Waals surface area contributed by atoms with Crippen LogP contribution in [0.2, 0.25) is 5.02 Å². The smallest absolute Gasteiger partial charge is 0.272 e. The first-order valence-corrected chi connectivity index (χ1v) is 8.01. The molecule has 22 heavy (non-hydrogen) atoms. The zero-order chi connectivity index (χ0) is 15.4. The van der Waals surface area contributed by atoms with E-state index in [1.54, 1.807) is 11.3 Å². The average molecular weight is 330 g/mol. The maximum atomic E-state index is 12.0. The van der Waals surface area contributed by atoms with Crippen molar-refractivity contribution in [2.45, 2.75) is 13.8 Å². The lowest BCUT2D eigenvalue weighted by molar-refractivity contribution is 0.894. The molecule has 1 aromatic carbocycles. The van der Waals surface area contributed by atoms with Crippen LogP contribution in [0.3, 0.4) is 0 Å². The van der Waals surface area contributed by atoms with Crippen LogP contribution >= 0.6 is 22.9 Å². The van der Waals surface area contributed by atoms with Gasteiger partial charge < -0.3 is 0 Å². The number of thiophene rings is 1. The third-order valence-electron chi connectivity index (χ3n) is 3.72. The molecule has 0 atom stereocenters. The first-order valence-electron chi connectivity index (χ1n) is 6.81. The maximum Gasteiger partial charge on any atom is 0.272 e. The van der Waals surface area contributed by atoms with Gasteiger partial charge in [0, 0.05) is 27.5 Å². The fourth-order valence-corrected chi connectivity index (χ4v) is 4.00. The molecule has 4 nitrogen and oxygen atoms in total. The Hall–Kier alpha value is -2.11. The van der Waals surface area contributed by atoms with Crippen LogP contribution in [0.1, 0.15) is 11.3 Å². The summed E-state index contributed by atoms with van der Waals surface area (Å²) in [7, 11) is 0. The molecule has 0 saturated heterocycles. The van der Waals surface area contributed by atoms with Gasteiger partial charge in [0.2, 0.25) is 0 Å². The number of aromatic amines is 1. The van der Waals surface area contributed by atoms with E-state index in [0.29, 0.717) is 5.65 Å². The molecule has 0 spiro atoms. The predicted octanol–water partition coefficient (Wildman–Crippen LogP) is 4.17. The number of nitrogens with one attached hydrogen (secondary N) is 1. The summed E-state index contributed by atoms with van der Waals surface area (Å²) in [6, 6.07) is 9.32. The molecule has 6 heteroatoms. The third kappa shape index (κ3) is 1.97. The number of rotatable bonds is 1. The van der Waals surface area contributed by atoms with Crippen molar-refractivity contribution in [2.24, 2.45) is 0 Å². The highest BCUT2D eigenvalue weighted by molar-refractivity contribution is 7.22. The van der Waals surface area contributed by atoms with Crippen LogP contribution in [0.5, 0.6) is 0 Å². The van der Waals surface area contributed by atoms with E-state index in [9.17, 15) is 4.79 Å². The van der Waals surface area contributed by atoms with Gasteiger partial charge in [0.1, 0.15) is 0 Å². The molecular weight excluding hydrogens is 318 g/mol. The van der Waals surface area contributed by atoms with E-state index in [-0.39, 0.29) is 5.56 Å². The van der Waals surface area contributed by atoms with Crippen molar-refractivity contribution in [3.05, 3.63) is 57.0 Å². The van der Waals surface area contributed by atoms with E-state index in [4.69, 9.17) is 11.6 Å². The van der Waals surface area contributed by atoms with E-state index in [2.05, 4.69) is 17.0 Å². The fraction of sp³-hybridized carbons (Fsp3) is 0.125. The minimum absolute atomic E-state index is 0.101. The van der Waals surface area contributed by atoms with Gasteiger partial charge in [0.05, 0.1) is 10.6 Å². The average Bonchev–Trinajstić information content (AvgIpc) is 3.01. The zero-order valence-corrected chi connectivity index (χ0v) is 13.5. The molecule has 0 radical (unpaired) electrons. The Morgan fingerprint density at radius 2 is 2.05 bits per heavy atom. The second-order valence-corrected chi connectivity index (χ2v) is 6.78. The molecule has 0 aliphatic heterocycles. The lowest BCUT2D eigenvalue weighted by Crippen LogP contribution is -2.14. The summed E-state index contributed by atoms with van der Waals surface area (Å²) in [5, 5.41) is 5.01. The summed E-state index contributed by atoms with van der Waals surface area (Å²) in [4.78, 5) is 17.5. The Morgan fingerprint density at radius 3 is 2.86 bits per heavy atom. The van der Waals surface area contributed by atoms with Crippen molar-refractivity contribution in [1.82, 2.24) is 14.6 Å². The van der Waals surface area contributed by atoms with E-state index < -0.39 is 0 Å². The maximum absolute atomic E-state index is 12.0. The van der Waals surface area contributed by atoms with Gasteiger partial charge in [-0.3, -0.25) is 9.89 Å². The molecule has 0 aliphatic carbocycles. The van der Waals surface area contributed by atoms with Crippen molar-refractivity contribution >= 4 is 38.7 Å². The molecule has 0 saturated carbocycles. The Morgan fingerprint density at radius 1 is 1.23 bits per heavy atom. The SMILES string of the molecule is Cc1cc(=O)n2[nH]c(-c3sc4ccc(Cl)cc4c3C)cc2n1. The van der Waals surface area contributed by atoms with Gasteiger partial charge in [-0.1, -0.05) is 11.6 Å². The van der Waals surface area contributed by atoms with Gasteiger partial charge in [-0.15, -0.1) is 11.3 Å². The normalized spacial score (nSPS) is 11.6. The number of aromatic nitrogens is 3. The minimum Gasteiger partial charge on any atom is -0.288 e. The highest BCUT2D eigenvalue weighted by Gasteiger charge is 2.14. The van der Waals surface area contributed by atoms with Crippen molar-refractivity contribution in [2.75, 3.05) is 0 Å². The quantitative estimate of drug-likeness (QED) is 0.569. The van der Waals surface area contributed by atoms with E-state index >= 15 is 0 Å². The minimum atomic E-state index is -0.101. The number of benzene rings is 1. The van der Waals surface area contributed by atoms with Crippen LogP contribution in [0.4, 0.5) is 0 Å². The van der Waals surface area contributed by atoms with Gasteiger partial charge in [-0.05, 0) is 43.0 Å². The standard InChI is InChI=1S/C16H12ClN3OS/c1-8-5-15(21)20-14(18-8)7-12(19-20)16-9(2)11-6-10(17)3-4-13(11)22-16/h3-7,19H,1-2H3. The summed E-state index contributed by atoms with van der Waals surface area (Å²) in [5.41, 5.74) is 3.30. The molecule has 0 aliphatic rings. The van der Waals surface area contributed by atoms with E-state index in [1.165, 1.54) is 15.3 Å². The first-order chi connectivity index (χ1) is 10.5. The van der Waals surface area contributed by atoms with Crippen LogP contribution in [-0.2, 0) is 0 Å². The molecule has 1 N–H and O–H groups in total. The number of hydrogen-bond donors (Lipinski definition) is 1. The van der Waals surface area contributed by atoms with E-state index in [0.717, 1.165) is 32.2 Å². The van der Waals surface area contributed by atoms with Crippen molar-refractivity contribution in [3.8, 4) is 10.6 Å². The van der Waals surface area contributed by atoms with Gasteiger partial charge in [0.25, 0.3) is 5.56 Å². The van der Waals surface area contributed by atoms with Crippen molar-refractivity contribution in [3.63, 3.8) is 0 Å². The Bertz CT molecular complexity index is 1090. The highest BCUT2D eigenvalue weighted by Crippen LogP contribution is 2.38. The fourth-order valence-electron chi connectivity index (χ4n) is 2.68. The van der Waals surface area contributed by atoms with Gasteiger partial charge >= 0.3 is 0 Å². The van der Waals surface area contributed by atoms with E-state index in [1.807, 2.05) is 31.2 Å². The molecule has 0 unspecified atom stereocenters. The molecule has 0 amide bonds. The van der Waals surface area contributed by atoms with Crippen LogP contribution in [0.15, 0.2) is 35.1 Å². The number of halogens is 1. The largest absolute Gasteiger partial charge is 0.288 e. The summed E-state index contributed by atoms with van der Waals surface area (Å²) in [5.74, 6) is 0. The molecule has 3 aromatic heterocycles. The van der Waals surface area contributed by atoms with Gasteiger partial charge in [0.15, 0.2) is 5.65 Å². The van der Waals surface area contributed by atoms with Gasteiger partial charge in [-0.2, -0.15) is 0 Å². The molecular formula is C16H12ClN3OS. The Labute approximate surface area is 135 Å². The number of fused-ring (bicyclic) bond motifs is 2. The van der Waals surface area contributed by atoms with Crippen LogP contribution < -0.4 is 5.56 Å². The molecule has 0 fully saturated rings. The molecule has 0 bridgehead atoms. The first kappa shape index (κ1) is 13.5. The number of hydrogen-bond acceptors (Lipinski definition) is 3. The van der Waals surface area contributed by atoms with Gasteiger partial charge in [-0.25, -0.2) is 9.50 Å². The van der Waals surface area contributed by atoms with Crippen LogP contribution in [-0.4, -0.2) is 14.6 Å². The number of H-pyrrole nitrogens is 1. The van der Waals surface area contributed by atoms with Crippen molar-refractivity contribution < 1.29 is 0 Å². The lowest BCUT2D eigenvalue weighted by Gasteiger charge is -1.95. The molecule has 4 rings (SSSR count). The topological polar surface area (TPSA) is 50.2 Å². The zero-order valence-electron chi connectivity index (χ0n) is 12.0. The number of aryl methyl sites for hydroxylation is 2. The third-order valence-corrected chi connectivity index (χ3v) is 5.26. The second kappa shape index (κ2) is 4.69. The summed E-state index contributed by atoms with van der Waals surface area (Å²) in [6.45, 7) is 3.89. The Kier molecular flexibility index (Phi) is 2.89. The molecule has 3 heterocycles. The number of nitrogens with zero attached hydrogens (tertiary/aromatic N) is 2.